The Balaban J connectivity index is 1.79. The van der Waals surface area contributed by atoms with Crippen LogP contribution in [0.25, 0.3) is 11.4 Å². The first-order valence-corrected chi connectivity index (χ1v) is 6.92. The second kappa shape index (κ2) is 5.20. The molecule has 1 aliphatic carbocycles. The highest BCUT2D eigenvalue weighted by Gasteiger charge is 2.28. The Morgan fingerprint density at radius 1 is 1.40 bits per heavy atom. The maximum absolute atomic E-state index is 11.5. The van der Waals surface area contributed by atoms with E-state index in [9.17, 15) is 4.79 Å². The molecule has 1 unspecified atom stereocenters. The van der Waals surface area contributed by atoms with Crippen molar-refractivity contribution in [1.29, 1.82) is 0 Å². The molecule has 1 amide bonds. The van der Waals surface area contributed by atoms with Crippen molar-refractivity contribution in [2.75, 3.05) is 5.32 Å². The molecule has 1 aromatic heterocycles. The van der Waals surface area contributed by atoms with Gasteiger partial charge in [-0.15, -0.1) is 16.7 Å². The number of hydrogen-bond acceptors (Lipinski definition) is 4. The summed E-state index contributed by atoms with van der Waals surface area (Å²) in [4.78, 5) is 11.5. The van der Waals surface area contributed by atoms with Crippen molar-refractivity contribution >= 4 is 23.2 Å². The molecule has 1 aliphatic rings. The third kappa shape index (κ3) is 2.65. The number of benzene rings is 1. The molecule has 0 aliphatic heterocycles. The highest BCUT2D eigenvalue weighted by atomic mass is 35.5. The summed E-state index contributed by atoms with van der Waals surface area (Å²) in [7, 11) is 0. The molecule has 104 valence electrons. The molecule has 0 spiro atoms. The van der Waals surface area contributed by atoms with Crippen LogP contribution in [0, 0.1) is 0 Å². The lowest BCUT2D eigenvalue weighted by atomic mass is 10.2. The highest BCUT2D eigenvalue weighted by molar-refractivity contribution is 6.32. The number of anilines is 1. The van der Waals surface area contributed by atoms with Gasteiger partial charge in [-0.1, -0.05) is 0 Å². The van der Waals surface area contributed by atoms with Gasteiger partial charge < -0.3 is 5.32 Å². The van der Waals surface area contributed by atoms with Gasteiger partial charge in [-0.05, 0) is 54.5 Å². The Kier molecular flexibility index (Phi) is 3.40. The molecular formula is C13H14ClN5O. The Hall–Kier alpha value is -1.95. The zero-order valence-electron chi connectivity index (χ0n) is 11.0. The number of alkyl halides is 1. The number of aromatic nitrogens is 4. The fraction of sp³-hybridized carbons (Fsp3) is 0.385. The maximum Gasteiger partial charge on any atom is 0.242 e. The van der Waals surface area contributed by atoms with Gasteiger partial charge >= 0.3 is 0 Å². The smallest absolute Gasteiger partial charge is 0.242 e. The molecule has 1 saturated carbocycles. The number of rotatable bonds is 4. The van der Waals surface area contributed by atoms with Gasteiger partial charge in [0.25, 0.3) is 0 Å². The van der Waals surface area contributed by atoms with Crippen LogP contribution in [0.1, 0.15) is 25.8 Å². The Bertz CT molecular complexity index is 618. The number of halogens is 1. The number of tetrazole rings is 1. The first-order valence-electron chi connectivity index (χ1n) is 6.48. The van der Waals surface area contributed by atoms with Crippen molar-refractivity contribution in [3.8, 4) is 11.4 Å². The summed E-state index contributed by atoms with van der Waals surface area (Å²) in [6.45, 7) is 1.63. The van der Waals surface area contributed by atoms with Crippen LogP contribution < -0.4 is 5.32 Å². The van der Waals surface area contributed by atoms with Crippen LogP contribution in [-0.2, 0) is 4.79 Å². The number of carbonyl (C=O) groups excluding carboxylic acids is 1. The standard InChI is InChI=1S/C13H14ClN5O/c1-8(14)13(20)15-10-4-2-9(3-5-10)12-16-17-18-19(12)11-6-7-11/h2-5,8,11H,6-7H2,1H3,(H,15,20). The molecule has 1 heterocycles. The van der Waals surface area contributed by atoms with Crippen molar-refractivity contribution in [2.24, 2.45) is 0 Å². The van der Waals surface area contributed by atoms with Crippen molar-refractivity contribution in [3.05, 3.63) is 24.3 Å². The summed E-state index contributed by atoms with van der Waals surface area (Å²) in [5.41, 5.74) is 1.63. The first kappa shape index (κ1) is 13.1. The molecule has 1 N–H and O–H groups in total. The van der Waals surface area contributed by atoms with Crippen LogP contribution in [0.5, 0.6) is 0 Å². The summed E-state index contributed by atoms with van der Waals surface area (Å²) >= 11 is 5.71. The van der Waals surface area contributed by atoms with E-state index in [-0.39, 0.29) is 5.91 Å². The Morgan fingerprint density at radius 3 is 2.70 bits per heavy atom. The molecule has 2 aromatic rings. The molecule has 1 fully saturated rings. The summed E-state index contributed by atoms with van der Waals surface area (Å²) in [5.74, 6) is 0.540. The van der Waals surface area contributed by atoms with E-state index in [4.69, 9.17) is 11.6 Å². The molecule has 6 nitrogen and oxygen atoms in total. The third-order valence-electron chi connectivity index (χ3n) is 3.16. The van der Waals surface area contributed by atoms with E-state index in [1.807, 2.05) is 28.9 Å². The van der Waals surface area contributed by atoms with E-state index in [2.05, 4.69) is 20.8 Å². The van der Waals surface area contributed by atoms with E-state index >= 15 is 0 Å². The minimum atomic E-state index is -0.558. The molecular weight excluding hydrogens is 278 g/mol. The van der Waals surface area contributed by atoms with Gasteiger partial charge in [0.1, 0.15) is 5.38 Å². The Morgan fingerprint density at radius 2 is 2.10 bits per heavy atom. The van der Waals surface area contributed by atoms with Gasteiger partial charge in [-0.3, -0.25) is 4.79 Å². The topological polar surface area (TPSA) is 72.7 Å². The lowest BCUT2D eigenvalue weighted by Gasteiger charge is -2.07. The maximum atomic E-state index is 11.5. The lowest BCUT2D eigenvalue weighted by molar-refractivity contribution is -0.115. The molecule has 1 aromatic carbocycles. The lowest BCUT2D eigenvalue weighted by Crippen LogP contribution is -2.20. The minimum Gasteiger partial charge on any atom is -0.325 e. The number of nitrogens with one attached hydrogen (secondary N) is 1. The van der Waals surface area contributed by atoms with Crippen molar-refractivity contribution in [3.63, 3.8) is 0 Å². The number of amides is 1. The average molecular weight is 292 g/mol. The van der Waals surface area contributed by atoms with Crippen LogP contribution in [0.3, 0.4) is 0 Å². The van der Waals surface area contributed by atoms with E-state index in [1.54, 1.807) is 6.92 Å². The number of nitrogens with zero attached hydrogens (tertiary/aromatic N) is 4. The van der Waals surface area contributed by atoms with Crippen LogP contribution in [0.4, 0.5) is 5.69 Å². The van der Waals surface area contributed by atoms with E-state index in [0.717, 1.165) is 24.2 Å². The molecule has 0 saturated heterocycles. The van der Waals surface area contributed by atoms with Crippen LogP contribution >= 0.6 is 11.6 Å². The second-order valence-corrected chi connectivity index (χ2v) is 5.52. The van der Waals surface area contributed by atoms with Crippen molar-refractivity contribution < 1.29 is 4.79 Å². The molecule has 1 atom stereocenters. The van der Waals surface area contributed by atoms with E-state index < -0.39 is 5.38 Å². The monoisotopic (exact) mass is 291 g/mol. The fourth-order valence-corrected chi connectivity index (χ4v) is 1.95. The van der Waals surface area contributed by atoms with Crippen molar-refractivity contribution in [1.82, 2.24) is 20.2 Å². The van der Waals surface area contributed by atoms with Crippen LogP contribution in [0.2, 0.25) is 0 Å². The minimum absolute atomic E-state index is 0.220. The van der Waals surface area contributed by atoms with Gasteiger partial charge in [0.15, 0.2) is 5.82 Å². The summed E-state index contributed by atoms with van der Waals surface area (Å²) in [6.07, 6.45) is 2.25. The SMILES string of the molecule is CC(Cl)C(=O)Nc1ccc(-c2nnnn2C2CC2)cc1. The largest absolute Gasteiger partial charge is 0.325 e. The zero-order chi connectivity index (χ0) is 14.1. The van der Waals surface area contributed by atoms with Crippen molar-refractivity contribution in [2.45, 2.75) is 31.2 Å². The normalized spacial score (nSPS) is 15.9. The summed E-state index contributed by atoms with van der Waals surface area (Å²) < 4.78 is 1.86. The second-order valence-electron chi connectivity index (χ2n) is 4.86. The summed E-state index contributed by atoms with van der Waals surface area (Å²) in [6, 6.07) is 7.84. The Labute approximate surface area is 121 Å². The predicted molar refractivity (Wildman–Crippen MR) is 75.5 cm³/mol. The van der Waals surface area contributed by atoms with Gasteiger partial charge in [0, 0.05) is 11.3 Å². The quantitative estimate of drug-likeness (QED) is 0.877. The van der Waals surface area contributed by atoms with Gasteiger partial charge in [-0.2, -0.15) is 0 Å². The fourth-order valence-electron chi connectivity index (χ4n) is 1.89. The molecule has 7 heteroatoms. The number of hydrogen-bond donors (Lipinski definition) is 1. The van der Waals surface area contributed by atoms with Crippen LogP contribution in [0.15, 0.2) is 24.3 Å². The van der Waals surface area contributed by atoms with Gasteiger partial charge in [0.05, 0.1) is 6.04 Å². The third-order valence-corrected chi connectivity index (χ3v) is 3.36. The number of carbonyl (C=O) groups is 1. The molecule has 3 rings (SSSR count). The average Bonchev–Trinajstić information content (AvgIpc) is 3.17. The van der Waals surface area contributed by atoms with E-state index in [1.165, 1.54) is 0 Å². The predicted octanol–water partition coefficient (Wildman–Crippen LogP) is 2.24. The van der Waals surface area contributed by atoms with E-state index in [0.29, 0.717) is 11.7 Å². The first-order chi connectivity index (χ1) is 9.65. The van der Waals surface area contributed by atoms with Gasteiger partial charge in [0.2, 0.25) is 5.91 Å². The molecule has 0 radical (unpaired) electrons. The molecule has 20 heavy (non-hydrogen) atoms. The highest BCUT2D eigenvalue weighted by Crippen LogP contribution is 2.36. The molecule has 0 bridgehead atoms. The van der Waals surface area contributed by atoms with Crippen LogP contribution in [-0.4, -0.2) is 31.5 Å². The summed E-state index contributed by atoms with van der Waals surface area (Å²) in [5, 5.41) is 14.0. The zero-order valence-corrected chi connectivity index (χ0v) is 11.7. The van der Waals surface area contributed by atoms with Gasteiger partial charge in [-0.25, -0.2) is 4.68 Å².